The van der Waals surface area contributed by atoms with E-state index < -0.39 is 0 Å². The molecule has 1 heterocycles. The molecule has 5 heteroatoms. The van der Waals surface area contributed by atoms with Crippen molar-refractivity contribution in [3.63, 3.8) is 0 Å². The minimum Gasteiger partial charge on any atom is -0.338 e. The van der Waals surface area contributed by atoms with Gasteiger partial charge >= 0.3 is 0 Å². The lowest BCUT2D eigenvalue weighted by molar-refractivity contribution is 0.216. The van der Waals surface area contributed by atoms with E-state index in [2.05, 4.69) is 28.9 Å². The highest BCUT2D eigenvalue weighted by Gasteiger charge is 2.15. The van der Waals surface area contributed by atoms with Crippen molar-refractivity contribution in [2.45, 2.75) is 45.7 Å². The third kappa shape index (κ3) is 4.36. The number of unbranched alkanes of at least 4 members (excludes halogenated alkanes) is 1. The van der Waals surface area contributed by atoms with Crippen molar-refractivity contribution in [1.82, 2.24) is 15.0 Å². The second-order valence-corrected chi connectivity index (χ2v) is 5.35. The van der Waals surface area contributed by atoms with Crippen LogP contribution in [0.5, 0.6) is 0 Å². The number of aryl methyl sites for hydroxylation is 1. The minimum absolute atomic E-state index is 0.150. The smallest absolute Gasteiger partial charge is 0.240 e. The molecule has 2 aromatic rings. The minimum atomic E-state index is -0.217. The maximum Gasteiger partial charge on any atom is 0.240 e. The van der Waals surface area contributed by atoms with E-state index in [1.54, 1.807) is 12.1 Å². The molecular formula is C16H22FN3O. The standard InChI is InChI=1S/C16H22FN3O/c1-4-5-6-15-18-16(21-19-15)11-20(3)12(2)13-7-9-14(17)10-8-13/h7-10,12H,4-6,11H2,1-3H3. The summed E-state index contributed by atoms with van der Waals surface area (Å²) in [6, 6.07) is 6.72. The summed E-state index contributed by atoms with van der Waals surface area (Å²) >= 11 is 0. The van der Waals surface area contributed by atoms with E-state index in [0.717, 1.165) is 30.7 Å². The Kier molecular flexibility index (Phi) is 5.44. The Bertz CT molecular complexity index is 553. The molecule has 0 aliphatic rings. The van der Waals surface area contributed by atoms with Gasteiger partial charge in [-0.2, -0.15) is 4.98 Å². The Hall–Kier alpha value is -1.75. The van der Waals surface area contributed by atoms with Gasteiger partial charge in [0.25, 0.3) is 0 Å². The SMILES string of the molecule is CCCCc1noc(CN(C)C(C)c2ccc(F)cc2)n1. The average Bonchev–Trinajstić information content (AvgIpc) is 2.92. The van der Waals surface area contributed by atoms with Crippen LogP contribution in [0.4, 0.5) is 4.39 Å². The molecule has 1 atom stereocenters. The van der Waals surface area contributed by atoms with E-state index in [9.17, 15) is 4.39 Å². The molecule has 1 unspecified atom stereocenters. The van der Waals surface area contributed by atoms with Crippen molar-refractivity contribution < 1.29 is 8.91 Å². The van der Waals surface area contributed by atoms with Gasteiger partial charge in [-0.25, -0.2) is 4.39 Å². The monoisotopic (exact) mass is 291 g/mol. The van der Waals surface area contributed by atoms with Crippen LogP contribution in [0.2, 0.25) is 0 Å². The third-order valence-corrected chi connectivity index (χ3v) is 3.66. The van der Waals surface area contributed by atoms with Crippen molar-refractivity contribution in [2.75, 3.05) is 7.05 Å². The lowest BCUT2D eigenvalue weighted by Crippen LogP contribution is -2.22. The zero-order valence-corrected chi connectivity index (χ0v) is 12.8. The third-order valence-electron chi connectivity index (χ3n) is 3.66. The largest absolute Gasteiger partial charge is 0.338 e. The molecule has 0 N–H and O–H groups in total. The summed E-state index contributed by atoms with van der Waals surface area (Å²) in [5.41, 5.74) is 1.06. The molecule has 4 nitrogen and oxygen atoms in total. The van der Waals surface area contributed by atoms with Crippen molar-refractivity contribution in [3.8, 4) is 0 Å². The van der Waals surface area contributed by atoms with Crippen molar-refractivity contribution in [1.29, 1.82) is 0 Å². The van der Waals surface area contributed by atoms with Crippen LogP contribution in [-0.2, 0) is 13.0 Å². The highest BCUT2D eigenvalue weighted by Crippen LogP contribution is 2.20. The highest BCUT2D eigenvalue weighted by molar-refractivity contribution is 5.19. The molecular weight excluding hydrogens is 269 g/mol. The zero-order valence-electron chi connectivity index (χ0n) is 12.8. The maximum absolute atomic E-state index is 13.0. The summed E-state index contributed by atoms with van der Waals surface area (Å²) in [7, 11) is 1.99. The van der Waals surface area contributed by atoms with Gasteiger partial charge in [0, 0.05) is 12.5 Å². The summed E-state index contributed by atoms with van der Waals surface area (Å²) < 4.78 is 18.2. The van der Waals surface area contributed by atoms with Crippen molar-refractivity contribution in [2.24, 2.45) is 0 Å². The number of hydrogen-bond acceptors (Lipinski definition) is 4. The molecule has 0 saturated heterocycles. The normalized spacial score (nSPS) is 12.8. The van der Waals surface area contributed by atoms with Gasteiger partial charge in [0.1, 0.15) is 5.82 Å². The van der Waals surface area contributed by atoms with Crippen molar-refractivity contribution in [3.05, 3.63) is 47.4 Å². The van der Waals surface area contributed by atoms with Crippen LogP contribution in [0.1, 0.15) is 50.0 Å². The van der Waals surface area contributed by atoms with Crippen LogP contribution < -0.4 is 0 Å². The first-order valence-electron chi connectivity index (χ1n) is 7.37. The number of benzene rings is 1. The molecule has 0 bridgehead atoms. The maximum atomic E-state index is 13.0. The topological polar surface area (TPSA) is 42.2 Å². The molecule has 1 aromatic heterocycles. The quantitative estimate of drug-likeness (QED) is 0.779. The lowest BCUT2D eigenvalue weighted by Gasteiger charge is -2.23. The van der Waals surface area contributed by atoms with E-state index >= 15 is 0 Å². The van der Waals surface area contributed by atoms with E-state index in [-0.39, 0.29) is 11.9 Å². The summed E-state index contributed by atoms with van der Waals surface area (Å²) in [5, 5.41) is 3.99. The van der Waals surface area contributed by atoms with Crippen molar-refractivity contribution >= 4 is 0 Å². The van der Waals surface area contributed by atoms with Crippen LogP contribution in [0.3, 0.4) is 0 Å². The van der Waals surface area contributed by atoms with Gasteiger partial charge < -0.3 is 4.52 Å². The van der Waals surface area contributed by atoms with Gasteiger partial charge in [-0.05, 0) is 38.1 Å². The molecule has 114 valence electrons. The second kappa shape index (κ2) is 7.31. The molecule has 0 aliphatic heterocycles. The number of hydrogen-bond donors (Lipinski definition) is 0. The number of aromatic nitrogens is 2. The van der Waals surface area contributed by atoms with Gasteiger partial charge in [-0.15, -0.1) is 0 Å². The fourth-order valence-corrected chi connectivity index (χ4v) is 2.14. The summed E-state index contributed by atoms with van der Waals surface area (Å²) in [6.07, 6.45) is 3.05. The lowest BCUT2D eigenvalue weighted by atomic mass is 10.1. The molecule has 1 aromatic carbocycles. The molecule has 0 aliphatic carbocycles. The Morgan fingerprint density at radius 1 is 1.29 bits per heavy atom. The number of rotatable bonds is 7. The Balaban J connectivity index is 1.95. The van der Waals surface area contributed by atoms with Crippen LogP contribution in [0, 0.1) is 5.82 Å². The van der Waals surface area contributed by atoms with Gasteiger partial charge in [0.05, 0.1) is 6.54 Å². The molecule has 0 saturated carbocycles. The summed E-state index contributed by atoms with van der Waals surface area (Å²) in [6.45, 7) is 4.79. The molecule has 0 radical (unpaired) electrons. The summed E-state index contributed by atoms with van der Waals surface area (Å²) in [5.74, 6) is 1.18. The molecule has 21 heavy (non-hydrogen) atoms. The van der Waals surface area contributed by atoms with Crippen LogP contribution in [-0.4, -0.2) is 22.1 Å². The Morgan fingerprint density at radius 2 is 2.00 bits per heavy atom. The van der Waals surface area contributed by atoms with Gasteiger partial charge in [0.15, 0.2) is 5.82 Å². The molecule has 2 rings (SSSR count). The number of nitrogens with zero attached hydrogens (tertiary/aromatic N) is 3. The first-order valence-corrected chi connectivity index (χ1v) is 7.37. The predicted octanol–water partition coefficient (Wildman–Crippen LogP) is 3.74. The van der Waals surface area contributed by atoms with E-state index in [4.69, 9.17) is 4.52 Å². The van der Waals surface area contributed by atoms with Crippen LogP contribution in [0.25, 0.3) is 0 Å². The summed E-state index contributed by atoms with van der Waals surface area (Å²) in [4.78, 5) is 6.50. The van der Waals surface area contributed by atoms with Crippen LogP contribution in [0.15, 0.2) is 28.8 Å². The van der Waals surface area contributed by atoms with Gasteiger partial charge in [-0.3, -0.25) is 4.90 Å². The first kappa shape index (κ1) is 15.6. The van der Waals surface area contributed by atoms with Crippen LogP contribution >= 0.6 is 0 Å². The van der Waals surface area contributed by atoms with E-state index in [1.165, 1.54) is 12.1 Å². The first-order chi connectivity index (χ1) is 10.1. The second-order valence-electron chi connectivity index (χ2n) is 5.35. The van der Waals surface area contributed by atoms with Gasteiger partial charge in [-0.1, -0.05) is 30.6 Å². The fraction of sp³-hybridized carbons (Fsp3) is 0.500. The average molecular weight is 291 g/mol. The predicted molar refractivity (Wildman–Crippen MR) is 79.2 cm³/mol. The number of halogens is 1. The zero-order chi connectivity index (χ0) is 15.2. The Labute approximate surface area is 125 Å². The fourth-order valence-electron chi connectivity index (χ4n) is 2.14. The molecule has 0 amide bonds. The molecule has 0 fully saturated rings. The van der Waals surface area contributed by atoms with E-state index in [0.29, 0.717) is 12.4 Å². The molecule has 0 spiro atoms. The van der Waals surface area contributed by atoms with Gasteiger partial charge in [0.2, 0.25) is 5.89 Å². The Morgan fingerprint density at radius 3 is 2.67 bits per heavy atom. The highest BCUT2D eigenvalue weighted by atomic mass is 19.1. The van der Waals surface area contributed by atoms with E-state index in [1.807, 2.05) is 7.05 Å².